The van der Waals surface area contributed by atoms with Crippen molar-refractivity contribution in [3.8, 4) is 69.0 Å². The minimum absolute atomic E-state index is 0.00442. The van der Waals surface area contributed by atoms with E-state index in [1.54, 1.807) is 51.5 Å². The summed E-state index contributed by atoms with van der Waals surface area (Å²) >= 11 is 77.1. The summed E-state index contributed by atoms with van der Waals surface area (Å²) in [5.41, 5.74) is 20.4. The zero-order chi connectivity index (χ0) is 98.7. The number of fused-ring (bicyclic) bond motifs is 3. The number of aryl methyl sites for hydroxylation is 3. The van der Waals surface area contributed by atoms with Crippen LogP contribution in [0.3, 0.4) is 0 Å². The second kappa shape index (κ2) is 40.7. The van der Waals surface area contributed by atoms with Crippen LogP contribution < -0.4 is 48.6 Å². The van der Waals surface area contributed by atoms with Crippen LogP contribution in [0.2, 0.25) is 60.3 Å². The van der Waals surface area contributed by atoms with Gasteiger partial charge in [0, 0.05) is 124 Å². The number of carbonyl (C=O) groups excluding carboxylic acids is 3. The van der Waals surface area contributed by atoms with Gasteiger partial charge in [-0.1, -0.05) is 200 Å². The van der Waals surface area contributed by atoms with Gasteiger partial charge in [-0.2, -0.15) is 15.8 Å². The number of rotatable bonds is 15. The van der Waals surface area contributed by atoms with E-state index >= 15 is 13.2 Å². The molecule has 0 atom stereocenters. The monoisotopic (exact) mass is 2060 g/mol. The van der Waals surface area contributed by atoms with Crippen molar-refractivity contribution < 1.29 is 27.6 Å². The van der Waals surface area contributed by atoms with E-state index in [2.05, 4.69) is 52.9 Å². The van der Waals surface area contributed by atoms with Crippen LogP contribution in [0, 0.1) is 72.2 Å². The first-order chi connectivity index (χ1) is 64.0. The van der Waals surface area contributed by atoms with Crippen molar-refractivity contribution >= 4 is 224 Å². The summed E-state index contributed by atoms with van der Waals surface area (Å²) in [6.07, 6.45) is 8.63. The molecule has 0 saturated carbocycles. The molecule has 696 valence electrons. The summed E-state index contributed by atoms with van der Waals surface area (Å²) in [5, 5.41) is 29.0. The van der Waals surface area contributed by atoms with Crippen molar-refractivity contribution in [2.24, 2.45) is 0 Å². The number of carbonyl (C=O) groups is 3. The maximum Gasteiger partial charge on any atom is 0.276 e. The SMILES string of the molecule is C=CC(=O)N1CCN(c2c(C#N)c(=O)n(-c3c(C)ccnc3C(C)C)c3nc(-c4c(Cl)c(N)c(Cl)c(F)c4Cl)c(Cl)cc23)CC1.C=CC(=O)N1CCN(c2c(C#N)c(=O)n(-c3c(C)ccnc3C(C)C)c3nc(-c4c(Cl)c(N)c(Cl)c(F)c4Cl)c(Cl)cc23)CC1.C=CC(=O)N1CCN(c2c(C#N)c(=O)n(-c3c(C)ccnc3C(C)C)c3nc(-c4c(F)c(Cl)c(Cl)c(N)c4Cl)c(Cl)cc23)CC1. The molecule has 0 spiro atoms. The van der Waals surface area contributed by atoms with Gasteiger partial charge in [0.1, 0.15) is 61.9 Å². The normalized spacial score (nSPS) is 13.4. The molecule has 0 unspecified atom stereocenters. The van der Waals surface area contributed by atoms with E-state index in [4.69, 9.17) is 171 Å². The number of anilines is 6. The molecule has 0 radical (unpaired) electrons. The maximum absolute atomic E-state index is 15.7. The summed E-state index contributed by atoms with van der Waals surface area (Å²) in [6, 6.07) is 16.1. The van der Waals surface area contributed by atoms with E-state index in [1.807, 2.05) is 77.0 Å². The van der Waals surface area contributed by atoms with Crippen LogP contribution in [0.4, 0.5) is 47.3 Å². The maximum atomic E-state index is 15.7. The lowest BCUT2D eigenvalue weighted by Gasteiger charge is -2.36. The first-order valence-corrected chi connectivity index (χ1v) is 45.8. The van der Waals surface area contributed by atoms with E-state index in [0.717, 1.165) is 0 Å². The van der Waals surface area contributed by atoms with E-state index in [-0.39, 0.29) is 161 Å². The lowest BCUT2D eigenvalue weighted by Crippen LogP contribution is -2.49. The molecule has 3 amide bonds. The molecule has 3 fully saturated rings. The van der Waals surface area contributed by atoms with E-state index < -0.39 is 59.2 Å². The van der Waals surface area contributed by atoms with Gasteiger partial charge in [-0.05, 0) is 110 Å². The van der Waals surface area contributed by atoms with E-state index in [0.29, 0.717) is 157 Å². The number of aromatic nitrogens is 9. The van der Waals surface area contributed by atoms with Crippen LogP contribution in [0.25, 0.3) is 83.9 Å². The molecule has 3 aliphatic heterocycles. The molecule has 12 aromatic rings. The smallest absolute Gasteiger partial charge is 0.276 e. The van der Waals surface area contributed by atoms with Gasteiger partial charge in [0.15, 0.2) is 17.5 Å². The molecule has 6 N–H and O–H groups in total. The van der Waals surface area contributed by atoms with Crippen LogP contribution in [0.1, 0.15) is 110 Å². The highest BCUT2D eigenvalue weighted by atomic mass is 35.5. The molecular formula is C93H78Cl12F3N21O6. The lowest BCUT2D eigenvalue weighted by molar-refractivity contribution is -0.127. The fourth-order valence-corrected chi connectivity index (χ4v) is 19.7. The average molecular weight is 2070 g/mol. The zero-order valence-corrected chi connectivity index (χ0v) is 82.2. The highest BCUT2D eigenvalue weighted by Crippen LogP contribution is 2.52. The Hall–Kier alpha value is -11.6. The van der Waals surface area contributed by atoms with Gasteiger partial charge in [-0.15, -0.1) is 0 Å². The number of nitrogens with zero attached hydrogens (tertiary/aromatic N) is 18. The summed E-state index contributed by atoms with van der Waals surface area (Å²) in [7, 11) is 0. The first-order valence-electron chi connectivity index (χ1n) is 41.3. The molecule has 0 bridgehead atoms. The minimum Gasteiger partial charge on any atom is -0.396 e. The quantitative estimate of drug-likeness (QED) is 0.0371. The van der Waals surface area contributed by atoms with Crippen LogP contribution in [0.5, 0.6) is 0 Å². The molecule has 3 aromatic carbocycles. The van der Waals surface area contributed by atoms with Gasteiger partial charge in [-0.25, -0.2) is 28.1 Å². The standard InChI is InChI=1S/3C31H26Cl4FN7O2/c1-5-19(44)41-8-10-42(11-9-41)29-16-12-18(32)27(20-21(33)25(38)23(35)22(34)24(20)36)40-30(16)43(31(45)17(29)13-37)28-15(4)6-7-39-26(28)14(2)3;2*1-5-19(44)41-8-10-42(11-9-41)29-16-12-18(32)27(20-21(33)24(36)23(35)25(38)22(20)34)40-30(16)43(31(45)17(29)13-37)28-15(4)6-7-39-26(28)14(2)3/h3*5-7,12,14H,1,8-11,38H2,2-4H3. The average Bonchev–Trinajstić information content (AvgIpc) is 0.728. The number of nitriles is 3. The molecule has 12 heterocycles. The number of hydrogen-bond acceptors (Lipinski definition) is 21. The summed E-state index contributed by atoms with van der Waals surface area (Å²) in [6.45, 7) is 31.5. The van der Waals surface area contributed by atoms with E-state index in [9.17, 15) is 44.6 Å². The number of hydrogen-bond donors (Lipinski definition) is 3. The fraction of sp³-hybridized carbons (Fsp3) is 0.258. The second-order valence-corrected chi connectivity index (χ2v) is 36.9. The summed E-state index contributed by atoms with van der Waals surface area (Å²) in [5.74, 6) is -4.06. The highest BCUT2D eigenvalue weighted by molar-refractivity contribution is 6.49. The molecule has 135 heavy (non-hydrogen) atoms. The van der Waals surface area contributed by atoms with Crippen LogP contribution in [-0.2, 0) is 14.4 Å². The third-order valence-electron chi connectivity index (χ3n) is 23.2. The molecule has 27 nitrogen and oxygen atoms in total. The number of benzene rings is 3. The first kappa shape index (κ1) is 101. The van der Waals surface area contributed by atoms with Gasteiger partial charge < -0.3 is 46.6 Å². The fourth-order valence-electron chi connectivity index (χ4n) is 16.5. The molecule has 3 saturated heterocycles. The Morgan fingerprint density at radius 3 is 0.881 bits per heavy atom. The molecule has 9 aromatic heterocycles. The van der Waals surface area contributed by atoms with Crippen molar-refractivity contribution in [2.45, 2.75) is 80.1 Å². The summed E-state index contributed by atoms with van der Waals surface area (Å²) < 4.78 is 49.8. The second-order valence-electron chi connectivity index (χ2n) is 32.2. The Balaban J connectivity index is 0.000000171. The Bertz CT molecular complexity index is 6640. The molecule has 15 rings (SSSR count). The van der Waals surface area contributed by atoms with Crippen LogP contribution in [-0.4, -0.2) is 155 Å². The van der Waals surface area contributed by atoms with Crippen molar-refractivity contribution in [3.05, 3.63) is 252 Å². The van der Waals surface area contributed by atoms with Gasteiger partial charge >= 0.3 is 0 Å². The van der Waals surface area contributed by atoms with Gasteiger partial charge in [0.05, 0.1) is 141 Å². The van der Waals surface area contributed by atoms with Crippen molar-refractivity contribution in [2.75, 3.05) is 110 Å². The number of halogens is 15. The predicted octanol–water partition coefficient (Wildman–Crippen LogP) is 20.8. The number of piperazine rings is 3. The minimum atomic E-state index is -1.01. The Labute approximate surface area is 830 Å². The van der Waals surface area contributed by atoms with Gasteiger partial charge in [0.25, 0.3) is 16.7 Å². The van der Waals surface area contributed by atoms with Gasteiger partial charge in [0.2, 0.25) is 17.7 Å². The molecule has 0 aliphatic carbocycles. The molecular weight excluding hydrogens is 1990 g/mol. The summed E-state index contributed by atoms with van der Waals surface area (Å²) in [4.78, 5) is 118. The third kappa shape index (κ3) is 18.2. The predicted molar refractivity (Wildman–Crippen MR) is 533 cm³/mol. The van der Waals surface area contributed by atoms with Crippen LogP contribution in [0.15, 0.2) is 107 Å². The van der Waals surface area contributed by atoms with Crippen molar-refractivity contribution in [3.63, 3.8) is 0 Å². The Morgan fingerprint density at radius 2 is 0.630 bits per heavy atom. The van der Waals surface area contributed by atoms with Crippen LogP contribution >= 0.6 is 139 Å². The number of nitrogens with two attached hydrogens (primary N) is 3. The molecule has 42 heteroatoms. The third-order valence-corrected chi connectivity index (χ3v) is 27.5. The lowest BCUT2D eigenvalue weighted by atomic mass is 10.0. The highest BCUT2D eigenvalue weighted by Gasteiger charge is 2.38. The van der Waals surface area contributed by atoms with Gasteiger partial charge in [-0.3, -0.25) is 57.4 Å². The zero-order valence-electron chi connectivity index (χ0n) is 73.2. The van der Waals surface area contributed by atoms with Crippen molar-refractivity contribution in [1.29, 1.82) is 15.8 Å². The Morgan fingerprint density at radius 1 is 0.378 bits per heavy atom. The number of amides is 3. The molecule has 3 aliphatic rings. The number of pyridine rings is 9. The van der Waals surface area contributed by atoms with Crippen molar-refractivity contribution in [1.82, 2.24) is 58.3 Å². The van der Waals surface area contributed by atoms with E-state index in [1.165, 1.54) is 50.1 Å². The Kier molecular flexibility index (Phi) is 30.4. The number of nitrogen functional groups attached to an aromatic ring is 3. The topological polar surface area (TPSA) is 363 Å². The largest absolute Gasteiger partial charge is 0.396 e.